The maximum Gasteiger partial charge on any atom is 0.191 e. The number of hydrogen-bond acceptors (Lipinski definition) is 5. The molecule has 6 heteroatoms. The fraction of sp³-hybridized carbons (Fsp3) is 0.100. The van der Waals surface area contributed by atoms with Crippen molar-refractivity contribution < 1.29 is 9.42 Å². The predicted molar refractivity (Wildman–Crippen MR) is 60.9 cm³/mol. The van der Waals surface area contributed by atoms with Crippen molar-refractivity contribution in [1.29, 1.82) is 0 Å². The number of carbonyl (C=O) groups is 1. The molecular formula is C10H8BrN3O2. The molecule has 0 aliphatic heterocycles. The van der Waals surface area contributed by atoms with Crippen molar-refractivity contribution in [3.63, 3.8) is 0 Å². The number of Topliss-reactive ketones (excluding diaryl/α,β-unsaturated/α-hetero) is 1. The zero-order valence-electron chi connectivity index (χ0n) is 8.18. The van der Waals surface area contributed by atoms with E-state index in [9.17, 15) is 4.79 Å². The van der Waals surface area contributed by atoms with E-state index in [1.807, 2.05) is 0 Å². The highest BCUT2D eigenvalue weighted by atomic mass is 79.9. The molecule has 5 nitrogen and oxygen atoms in total. The average molecular weight is 282 g/mol. The van der Waals surface area contributed by atoms with Crippen LogP contribution >= 0.6 is 15.9 Å². The fourth-order valence-corrected chi connectivity index (χ4v) is 1.49. The molecule has 16 heavy (non-hydrogen) atoms. The third-order valence-electron chi connectivity index (χ3n) is 2.08. The van der Waals surface area contributed by atoms with Gasteiger partial charge in [0.25, 0.3) is 0 Å². The molecule has 82 valence electrons. The van der Waals surface area contributed by atoms with Crippen molar-refractivity contribution in [2.24, 2.45) is 0 Å². The van der Waals surface area contributed by atoms with Crippen LogP contribution in [0.5, 0.6) is 0 Å². The molecule has 0 saturated heterocycles. The number of nitrogens with zero attached hydrogens (tertiary/aromatic N) is 2. The van der Waals surface area contributed by atoms with Gasteiger partial charge in [0.2, 0.25) is 0 Å². The molecule has 2 aromatic rings. The lowest BCUT2D eigenvalue weighted by Gasteiger charge is -1.98. The molecule has 1 aromatic carbocycles. The molecule has 0 unspecified atom stereocenters. The topological polar surface area (TPSA) is 82.0 Å². The maximum atomic E-state index is 11.8. The van der Waals surface area contributed by atoms with Crippen LogP contribution in [0.2, 0.25) is 0 Å². The predicted octanol–water partition coefficient (Wildman–Crippen LogP) is 1.84. The first kappa shape index (κ1) is 10.8. The van der Waals surface area contributed by atoms with Crippen LogP contribution in [-0.4, -0.2) is 16.1 Å². The molecule has 0 amide bonds. The number of hydrogen-bond donors (Lipinski definition) is 1. The molecule has 0 atom stereocenters. The van der Waals surface area contributed by atoms with Gasteiger partial charge in [0, 0.05) is 10.0 Å². The molecule has 0 radical (unpaired) electrons. The van der Waals surface area contributed by atoms with Crippen molar-refractivity contribution in [1.82, 2.24) is 10.3 Å². The summed E-state index contributed by atoms with van der Waals surface area (Å²) in [7, 11) is 0. The van der Waals surface area contributed by atoms with Gasteiger partial charge in [0.05, 0.1) is 6.42 Å². The van der Waals surface area contributed by atoms with Crippen LogP contribution < -0.4 is 5.73 Å². The Morgan fingerprint density at radius 1 is 1.31 bits per heavy atom. The molecule has 0 aliphatic carbocycles. The zero-order valence-corrected chi connectivity index (χ0v) is 9.77. The minimum absolute atomic E-state index is 0.0742. The summed E-state index contributed by atoms with van der Waals surface area (Å²) in [5.41, 5.74) is 6.43. The highest BCUT2D eigenvalue weighted by Crippen LogP contribution is 2.13. The number of anilines is 1. The minimum atomic E-state index is -0.0742. The molecule has 1 heterocycles. The lowest BCUT2D eigenvalue weighted by Crippen LogP contribution is -2.05. The Labute approximate surface area is 99.7 Å². The summed E-state index contributed by atoms with van der Waals surface area (Å²) in [4.78, 5) is 11.8. The standard InChI is InChI=1S/C10H8BrN3O2/c11-7-3-1-6(2-4-7)9(15)5-8-10(12)14-16-13-8/h1-4H,5H2,(H2,12,14). The van der Waals surface area contributed by atoms with Crippen molar-refractivity contribution in [2.45, 2.75) is 6.42 Å². The van der Waals surface area contributed by atoms with Gasteiger partial charge >= 0.3 is 0 Å². The lowest BCUT2D eigenvalue weighted by molar-refractivity contribution is 0.0990. The van der Waals surface area contributed by atoms with Crippen molar-refractivity contribution >= 4 is 27.5 Å². The van der Waals surface area contributed by atoms with Gasteiger partial charge in [-0.2, -0.15) is 0 Å². The van der Waals surface area contributed by atoms with Crippen LogP contribution in [0, 0.1) is 0 Å². The smallest absolute Gasteiger partial charge is 0.191 e. The van der Waals surface area contributed by atoms with E-state index in [1.165, 1.54) is 0 Å². The Bertz CT molecular complexity index is 507. The average Bonchev–Trinajstić information content (AvgIpc) is 2.65. The summed E-state index contributed by atoms with van der Waals surface area (Å²) in [5, 5.41) is 6.97. The third-order valence-corrected chi connectivity index (χ3v) is 2.61. The van der Waals surface area contributed by atoms with E-state index < -0.39 is 0 Å². The van der Waals surface area contributed by atoms with Crippen molar-refractivity contribution in [2.75, 3.05) is 5.73 Å². The number of nitrogen functional groups attached to an aromatic ring is 1. The number of halogens is 1. The van der Waals surface area contributed by atoms with Crippen LogP contribution in [0.25, 0.3) is 0 Å². The lowest BCUT2D eigenvalue weighted by atomic mass is 10.1. The molecule has 0 fully saturated rings. The number of benzene rings is 1. The molecule has 0 spiro atoms. The van der Waals surface area contributed by atoms with Crippen LogP contribution in [-0.2, 0) is 6.42 Å². The SMILES string of the molecule is Nc1nonc1CC(=O)c1ccc(Br)cc1. The first-order chi connectivity index (χ1) is 7.66. The zero-order chi connectivity index (χ0) is 11.5. The molecule has 1 aromatic heterocycles. The molecule has 0 aliphatic rings. The van der Waals surface area contributed by atoms with E-state index >= 15 is 0 Å². The summed E-state index contributed by atoms with van der Waals surface area (Å²) < 4.78 is 5.34. The van der Waals surface area contributed by atoms with Crippen LogP contribution in [0.3, 0.4) is 0 Å². The molecule has 0 saturated carbocycles. The fourth-order valence-electron chi connectivity index (χ4n) is 1.23. The second-order valence-electron chi connectivity index (χ2n) is 3.20. The molecular weight excluding hydrogens is 274 g/mol. The number of rotatable bonds is 3. The van der Waals surface area contributed by atoms with Gasteiger partial charge in [-0.05, 0) is 17.3 Å². The Balaban J connectivity index is 2.15. The van der Waals surface area contributed by atoms with E-state index in [-0.39, 0.29) is 18.0 Å². The summed E-state index contributed by atoms with van der Waals surface area (Å²) in [5.74, 6) is 0.0837. The van der Waals surface area contributed by atoms with Gasteiger partial charge in [0.1, 0.15) is 5.69 Å². The van der Waals surface area contributed by atoms with Crippen LogP contribution in [0.1, 0.15) is 16.1 Å². The molecule has 2 rings (SSSR count). The summed E-state index contributed by atoms with van der Waals surface area (Å²) in [6.45, 7) is 0. The minimum Gasteiger partial charge on any atom is -0.379 e. The van der Waals surface area contributed by atoms with Gasteiger partial charge in [-0.25, -0.2) is 4.63 Å². The Kier molecular flexibility index (Phi) is 3.00. The Morgan fingerprint density at radius 2 is 2.00 bits per heavy atom. The normalized spacial score (nSPS) is 10.3. The van der Waals surface area contributed by atoms with Gasteiger partial charge in [0.15, 0.2) is 11.6 Å². The highest BCUT2D eigenvalue weighted by molar-refractivity contribution is 9.10. The highest BCUT2D eigenvalue weighted by Gasteiger charge is 2.13. The van der Waals surface area contributed by atoms with E-state index in [4.69, 9.17) is 5.73 Å². The van der Waals surface area contributed by atoms with Gasteiger partial charge < -0.3 is 5.73 Å². The third kappa shape index (κ3) is 2.27. The Hall–Kier alpha value is -1.69. The number of ketones is 1. The van der Waals surface area contributed by atoms with E-state index in [2.05, 4.69) is 30.9 Å². The quantitative estimate of drug-likeness (QED) is 0.868. The van der Waals surface area contributed by atoms with Crippen LogP contribution in [0.15, 0.2) is 33.4 Å². The monoisotopic (exact) mass is 281 g/mol. The van der Waals surface area contributed by atoms with Gasteiger partial charge in [-0.15, -0.1) is 0 Å². The van der Waals surface area contributed by atoms with Crippen LogP contribution in [0.4, 0.5) is 5.82 Å². The molecule has 0 bridgehead atoms. The van der Waals surface area contributed by atoms with E-state index in [0.717, 1.165) is 4.47 Å². The largest absolute Gasteiger partial charge is 0.379 e. The number of nitrogens with two attached hydrogens (primary N) is 1. The van der Waals surface area contributed by atoms with Crippen molar-refractivity contribution in [3.05, 3.63) is 40.0 Å². The van der Waals surface area contributed by atoms with Crippen molar-refractivity contribution in [3.8, 4) is 0 Å². The summed E-state index contributed by atoms with van der Waals surface area (Å²) >= 11 is 3.30. The summed E-state index contributed by atoms with van der Waals surface area (Å²) in [6.07, 6.45) is 0.0942. The maximum absolute atomic E-state index is 11.8. The first-order valence-corrected chi connectivity index (χ1v) is 5.32. The summed E-state index contributed by atoms with van der Waals surface area (Å²) in [6, 6.07) is 7.07. The number of aromatic nitrogens is 2. The second-order valence-corrected chi connectivity index (χ2v) is 4.12. The second kappa shape index (κ2) is 4.44. The van der Waals surface area contributed by atoms with Gasteiger partial charge in [-0.1, -0.05) is 33.2 Å². The van der Waals surface area contributed by atoms with E-state index in [0.29, 0.717) is 11.3 Å². The first-order valence-electron chi connectivity index (χ1n) is 4.52. The van der Waals surface area contributed by atoms with E-state index in [1.54, 1.807) is 24.3 Å². The molecule has 2 N–H and O–H groups in total. The van der Waals surface area contributed by atoms with Gasteiger partial charge in [-0.3, -0.25) is 4.79 Å². The number of carbonyl (C=O) groups excluding carboxylic acids is 1. The Morgan fingerprint density at radius 3 is 2.56 bits per heavy atom.